The second kappa shape index (κ2) is 5.91. The first-order valence-corrected chi connectivity index (χ1v) is 7.23. The van der Waals surface area contributed by atoms with Gasteiger partial charge in [-0.1, -0.05) is 19.1 Å². The van der Waals surface area contributed by atoms with Gasteiger partial charge in [0.2, 0.25) is 0 Å². The van der Waals surface area contributed by atoms with Crippen molar-refractivity contribution in [1.29, 1.82) is 0 Å². The monoisotopic (exact) mass is 283 g/mol. The van der Waals surface area contributed by atoms with Crippen LogP contribution < -0.4 is 5.32 Å². The van der Waals surface area contributed by atoms with Crippen molar-refractivity contribution in [2.75, 3.05) is 5.88 Å². The summed E-state index contributed by atoms with van der Waals surface area (Å²) >= 11 is 6.05. The van der Waals surface area contributed by atoms with E-state index in [4.69, 9.17) is 11.6 Å². The van der Waals surface area contributed by atoms with Gasteiger partial charge in [0.25, 0.3) is 5.91 Å². The van der Waals surface area contributed by atoms with Gasteiger partial charge < -0.3 is 5.32 Å². The number of halogens is 2. The van der Waals surface area contributed by atoms with Gasteiger partial charge in [0.15, 0.2) is 0 Å². The number of carbonyl (C=O) groups is 1. The van der Waals surface area contributed by atoms with Crippen molar-refractivity contribution in [2.45, 2.75) is 38.1 Å². The summed E-state index contributed by atoms with van der Waals surface area (Å²) in [5.74, 6) is 0.184. The van der Waals surface area contributed by atoms with Crippen LogP contribution in [0.1, 0.15) is 43.0 Å². The highest BCUT2D eigenvalue weighted by Gasteiger charge is 2.35. The Hall–Kier alpha value is -1.09. The number of hydrogen-bond donors (Lipinski definition) is 1. The largest absolute Gasteiger partial charge is 0.345 e. The summed E-state index contributed by atoms with van der Waals surface area (Å²) in [6.45, 7) is 2.21. The molecule has 1 amide bonds. The van der Waals surface area contributed by atoms with Gasteiger partial charge in [0, 0.05) is 5.88 Å². The second-order valence-corrected chi connectivity index (χ2v) is 5.80. The van der Waals surface area contributed by atoms with Gasteiger partial charge >= 0.3 is 0 Å². The minimum Gasteiger partial charge on any atom is -0.345 e. The number of carbonyl (C=O) groups excluding carboxylic acids is 1. The number of alkyl halides is 1. The zero-order valence-electron chi connectivity index (χ0n) is 11.1. The normalized spacial score (nSPS) is 27.0. The minimum absolute atomic E-state index is 0.0885. The van der Waals surface area contributed by atoms with Crippen LogP contribution in [0, 0.1) is 11.7 Å². The van der Waals surface area contributed by atoms with E-state index in [0.717, 1.165) is 25.7 Å². The summed E-state index contributed by atoms with van der Waals surface area (Å²) in [4.78, 5) is 12.2. The van der Waals surface area contributed by atoms with Crippen molar-refractivity contribution < 1.29 is 9.18 Å². The number of hydrogen-bond acceptors (Lipinski definition) is 1. The van der Waals surface area contributed by atoms with E-state index in [9.17, 15) is 9.18 Å². The lowest BCUT2D eigenvalue weighted by Gasteiger charge is -2.38. The van der Waals surface area contributed by atoms with E-state index in [1.165, 1.54) is 12.1 Å². The predicted octanol–water partition coefficient (Wildman–Crippen LogP) is 3.74. The molecule has 19 heavy (non-hydrogen) atoms. The molecule has 0 bridgehead atoms. The molecular formula is C15H19ClFNO. The number of benzene rings is 1. The summed E-state index contributed by atoms with van der Waals surface area (Å²) in [5, 5.41) is 2.95. The van der Waals surface area contributed by atoms with Crippen LogP contribution in [-0.4, -0.2) is 17.3 Å². The molecule has 104 valence electrons. The Bertz CT molecular complexity index is 455. The van der Waals surface area contributed by atoms with Crippen LogP contribution in [0.3, 0.4) is 0 Å². The van der Waals surface area contributed by atoms with E-state index in [-0.39, 0.29) is 17.0 Å². The summed E-state index contributed by atoms with van der Waals surface area (Å²) in [7, 11) is 0. The highest BCUT2D eigenvalue weighted by atomic mass is 35.5. The molecule has 0 atom stereocenters. The highest BCUT2D eigenvalue weighted by molar-refractivity contribution is 6.19. The molecule has 1 aliphatic rings. The minimum atomic E-state index is -0.492. The summed E-state index contributed by atoms with van der Waals surface area (Å²) in [5.41, 5.74) is -0.293. The van der Waals surface area contributed by atoms with E-state index in [1.807, 2.05) is 0 Å². The van der Waals surface area contributed by atoms with Crippen LogP contribution in [0.15, 0.2) is 24.3 Å². The fraction of sp³-hybridized carbons (Fsp3) is 0.533. The smallest absolute Gasteiger partial charge is 0.254 e. The van der Waals surface area contributed by atoms with Crippen molar-refractivity contribution >= 4 is 17.5 Å². The Balaban J connectivity index is 2.11. The molecule has 1 aliphatic carbocycles. The molecule has 1 aromatic carbocycles. The maximum atomic E-state index is 13.6. The first-order chi connectivity index (χ1) is 9.06. The molecule has 0 aliphatic heterocycles. The molecule has 4 heteroatoms. The first-order valence-electron chi connectivity index (χ1n) is 6.69. The predicted molar refractivity (Wildman–Crippen MR) is 74.9 cm³/mol. The van der Waals surface area contributed by atoms with Crippen molar-refractivity contribution in [3.63, 3.8) is 0 Å². The fourth-order valence-corrected chi connectivity index (χ4v) is 2.89. The summed E-state index contributed by atoms with van der Waals surface area (Å²) in [6, 6.07) is 6.03. The van der Waals surface area contributed by atoms with Crippen molar-refractivity contribution in [3.05, 3.63) is 35.6 Å². The van der Waals surface area contributed by atoms with Gasteiger partial charge in [0.05, 0.1) is 11.1 Å². The van der Waals surface area contributed by atoms with E-state index >= 15 is 0 Å². The van der Waals surface area contributed by atoms with Crippen LogP contribution in [-0.2, 0) is 0 Å². The molecular weight excluding hydrogens is 265 g/mol. The van der Waals surface area contributed by atoms with E-state index in [0.29, 0.717) is 11.8 Å². The van der Waals surface area contributed by atoms with Crippen molar-refractivity contribution in [1.82, 2.24) is 5.32 Å². The van der Waals surface area contributed by atoms with Crippen LogP contribution in [0.25, 0.3) is 0 Å². The van der Waals surface area contributed by atoms with Gasteiger partial charge in [0.1, 0.15) is 5.82 Å². The average molecular weight is 284 g/mol. The zero-order valence-corrected chi connectivity index (χ0v) is 11.8. The summed E-state index contributed by atoms with van der Waals surface area (Å²) in [6.07, 6.45) is 3.81. The Kier molecular flexibility index (Phi) is 4.46. The molecule has 1 N–H and O–H groups in total. The Morgan fingerprint density at radius 2 is 2.05 bits per heavy atom. The number of nitrogens with one attached hydrogen (secondary N) is 1. The van der Waals surface area contributed by atoms with Gasteiger partial charge in [-0.15, -0.1) is 11.6 Å². The fourth-order valence-electron chi connectivity index (χ4n) is 2.56. The van der Waals surface area contributed by atoms with Crippen LogP contribution in [0.5, 0.6) is 0 Å². The summed E-state index contributed by atoms with van der Waals surface area (Å²) < 4.78 is 13.6. The Labute approximate surface area is 118 Å². The second-order valence-electron chi connectivity index (χ2n) is 5.53. The maximum absolute atomic E-state index is 13.6. The van der Waals surface area contributed by atoms with Crippen LogP contribution >= 0.6 is 11.6 Å². The van der Waals surface area contributed by atoms with Gasteiger partial charge in [-0.2, -0.15) is 0 Å². The van der Waals surface area contributed by atoms with E-state index in [1.54, 1.807) is 12.1 Å². The molecule has 0 spiro atoms. The third kappa shape index (κ3) is 3.27. The molecule has 1 saturated carbocycles. The first kappa shape index (κ1) is 14.3. The third-order valence-corrected chi connectivity index (χ3v) is 4.50. The van der Waals surface area contributed by atoms with E-state index in [2.05, 4.69) is 12.2 Å². The molecule has 0 unspecified atom stereocenters. The molecule has 2 nitrogen and oxygen atoms in total. The van der Waals surface area contributed by atoms with Gasteiger partial charge in [-0.05, 0) is 43.7 Å². The topological polar surface area (TPSA) is 29.1 Å². The quantitative estimate of drug-likeness (QED) is 0.841. The van der Waals surface area contributed by atoms with Gasteiger partial charge in [-0.3, -0.25) is 4.79 Å². The van der Waals surface area contributed by atoms with Crippen LogP contribution in [0.2, 0.25) is 0 Å². The van der Waals surface area contributed by atoms with E-state index < -0.39 is 5.82 Å². The number of amides is 1. The SMILES string of the molecule is CC1CCC(CCl)(NC(=O)c2ccccc2F)CC1. The molecule has 1 aromatic rings. The lowest BCUT2D eigenvalue weighted by Crippen LogP contribution is -2.52. The van der Waals surface area contributed by atoms with Crippen LogP contribution in [0.4, 0.5) is 4.39 Å². The average Bonchev–Trinajstić information content (AvgIpc) is 2.42. The zero-order chi connectivity index (χ0) is 13.9. The lowest BCUT2D eigenvalue weighted by molar-refractivity contribution is 0.0868. The standard InChI is InChI=1S/C15H19ClFNO/c1-11-6-8-15(10-16,9-7-11)18-14(19)12-4-2-3-5-13(12)17/h2-5,11H,6-10H2,1H3,(H,18,19). The van der Waals surface area contributed by atoms with Gasteiger partial charge in [-0.25, -0.2) is 4.39 Å². The molecule has 0 aromatic heterocycles. The van der Waals surface area contributed by atoms with Crippen molar-refractivity contribution in [3.8, 4) is 0 Å². The molecule has 1 fully saturated rings. The third-order valence-electron chi connectivity index (χ3n) is 3.98. The highest BCUT2D eigenvalue weighted by Crippen LogP contribution is 2.33. The number of rotatable bonds is 3. The Morgan fingerprint density at radius 1 is 1.42 bits per heavy atom. The molecule has 0 saturated heterocycles. The molecule has 0 heterocycles. The molecule has 0 radical (unpaired) electrons. The Morgan fingerprint density at radius 3 is 2.63 bits per heavy atom. The lowest BCUT2D eigenvalue weighted by atomic mass is 9.78. The van der Waals surface area contributed by atoms with Crippen molar-refractivity contribution in [2.24, 2.45) is 5.92 Å². The maximum Gasteiger partial charge on any atom is 0.254 e. The molecule has 2 rings (SSSR count).